The van der Waals surface area contributed by atoms with E-state index in [1.54, 1.807) is 6.07 Å². The predicted molar refractivity (Wildman–Crippen MR) is 61.9 cm³/mol. The lowest BCUT2D eigenvalue weighted by molar-refractivity contribution is -0.136. The van der Waals surface area contributed by atoms with Crippen LogP contribution in [0.15, 0.2) is 18.2 Å². The van der Waals surface area contributed by atoms with Crippen molar-refractivity contribution in [3.05, 3.63) is 23.8 Å². The van der Waals surface area contributed by atoms with Gasteiger partial charge in [-0.05, 0) is 30.5 Å². The summed E-state index contributed by atoms with van der Waals surface area (Å²) >= 11 is 0. The first-order valence-corrected chi connectivity index (χ1v) is 5.59. The maximum atomic E-state index is 12.7. The van der Waals surface area contributed by atoms with E-state index in [4.69, 9.17) is 5.73 Å². The molecule has 2 nitrogen and oxygen atoms in total. The van der Waals surface area contributed by atoms with Crippen LogP contribution in [-0.4, -0.2) is 13.1 Å². The van der Waals surface area contributed by atoms with Gasteiger partial charge < -0.3 is 10.6 Å². The number of halogens is 3. The SMILES string of the molecule is CC1CCN(c2ccc(N)c(C(F)(F)F)c2)C1. The average Bonchev–Trinajstić information content (AvgIpc) is 2.64. The zero-order chi connectivity index (χ0) is 12.6. The molecule has 1 fully saturated rings. The Balaban J connectivity index is 2.31. The Labute approximate surface area is 98.2 Å². The second-order valence-corrected chi connectivity index (χ2v) is 4.61. The normalized spacial score (nSPS) is 20.9. The topological polar surface area (TPSA) is 29.3 Å². The molecule has 0 aromatic heterocycles. The number of hydrogen-bond donors (Lipinski definition) is 1. The van der Waals surface area contributed by atoms with Gasteiger partial charge in [-0.3, -0.25) is 0 Å². The van der Waals surface area contributed by atoms with Crippen LogP contribution in [0.1, 0.15) is 18.9 Å². The van der Waals surface area contributed by atoms with Crippen molar-refractivity contribution in [3.8, 4) is 0 Å². The zero-order valence-electron chi connectivity index (χ0n) is 9.59. The fraction of sp³-hybridized carbons (Fsp3) is 0.500. The van der Waals surface area contributed by atoms with E-state index >= 15 is 0 Å². The standard InChI is InChI=1S/C12H15F3N2/c1-8-4-5-17(7-8)9-2-3-11(16)10(6-9)12(13,14)15/h2-3,6,8H,4-5,7,16H2,1H3. The lowest BCUT2D eigenvalue weighted by Gasteiger charge is -2.20. The molecule has 0 radical (unpaired) electrons. The Morgan fingerprint density at radius 1 is 1.35 bits per heavy atom. The molecule has 1 aliphatic rings. The second-order valence-electron chi connectivity index (χ2n) is 4.61. The molecule has 1 atom stereocenters. The van der Waals surface area contributed by atoms with Crippen molar-refractivity contribution in [2.45, 2.75) is 19.5 Å². The number of nitrogens with two attached hydrogens (primary N) is 1. The Hall–Kier alpha value is -1.39. The van der Waals surface area contributed by atoms with E-state index in [-0.39, 0.29) is 5.69 Å². The molecule has 17 heavy (non-hydrogen) atoms. The number of nitrogen functional groups attached to an aromatic ring is 1. The third-order valence-corrected chi connectivity index (χ3v) is 3.13. The number of hydrogen-bond acceptors (Lipinski definition) is 2. The van der Waals surface area contributed by atoms with Gasteiger partial charge in [-0.25, -0.2) is 0 Å². The summed E-state index contributed by atoms with van der Waals surface area (Å²) in [6.07, 6.45) is -3.36. The number of alkyl halides is 3. The van der Waals surface area contributed by atoms with Crippen molar-refractivity contribution < 1.29 is 13.2 Å². The molecular weight excluding hydrogens is 229 g/mol. The van der Waals surface area contributed by atoms with Crippen LogP contribution >= 0.6 is 0 Å². The number of benzene rings is 1. The highest BCUT2D eigenvalue weighted by molar-refractivity contribution is 5.59. The Bertz CT molecular complexity index is 415. The number of nitrogens with zero attached hydrogens (tertiary/aromatic N) is 1. The summed E-state index contributed by atoms with van der Waals surface area (Å²) in [5.41, 5.74) is 5.01. The third kappa shape index (κ3) is 2.48. The van der Waals surface area contributed by atoms with Crippen LogP contribution in [0, 0.1) is 5.92 Å². The van der Waals surface area contributed by atoms with Crippen molar-refractivity contribution in [2.24, 2.45) is 5.92 Å². The third-order valence-electron chi connectivity index (χ3n) is 3.13. The van der Waals surface area contributed by atoms with Gasteiger partial charge in [0.05, 0.1) is 5.56 Å². The summed E-state index contributed by atoms with van der Waals surface area (Å²) in [4.78, 5) is 1.97. The van der Waals surface area contributed by atoms with Gasteiger partial charge >= 0.3 is 6.18 Å². The summed E-state index contributed by atoms with van der Waals surface area (Å²) in [5.74, 6) is 0.530. The molecule has 94 valence electrons. The lowest BCUT2D eigenvalue weighted by Crippen LogP contribution is -2.20. The van der Waals surface area contributed by atoms with E-state index < -0.39 is 11.7 Å². The van der Waals surface area contributed by atoms with Gasteiger partial charge in [0.15, 0.2) is 0 Å². The Morgan fingerprint density at radius 2 is 2.06 bits per heavy atom. The molecule has 1 heterocycles. The van der Waals surface area contributed by atoms with Gasteiger partial charge in [-0.2, -0.15) is 13.2 Å². The van der Waals surface area contributed by atoms with Crippen molar-refractivity contribution in [3.63, 3.8) is 0 Å². The maximum Gasteiger partial charge on any atom is 0.418 e. The predicted octanol–water partition coefficient (Wildman–Crippen LogP) is 3.13. The summed E-state index contributed by atoms with van der Waals surface area (Å²) in [5, 5.41) is 0. The van der Waals surface area contributed by atoms with Crippen LogP contribution in [-0.2, 0) is 6.18 Å². The van der Waals surface area contributed by atoms with Crippen LogP contribution in [0.4, 0.5) is 24.5 Å². The molecule has 1 aliphatic heterocycles. The number of anilines is 2. The van der Waals surface area contributed by atoms with Gasteiger partial charge in [0, 0.05) is 24.5 Å². The maximum absolute atomic E-state index is 12.7. The first-order chi connectivity index (χ1) is 7.88. The molecule has 0 spiro atoms. The zero-order valence-corrected chi connectivity index (χ0v) is 9.59. The summed E-state index contributed by atoms with van der Waals surface area (Å²) in [6.45, 7) is 3.71. The monoisotopic (exact) mass is 244 g/mol. The molecule has 1 aromatic carbocycles. The van der Waals surface area contributed by atoms with Crippen LogP contribution in [0.5, 0.6) is 0 Å². The van der Waals surface area contributed by atoms with E-state index in [1.807, 2.05) is 4.90 Å². The summed E-state index contributed by atoms with van der Waals surface area (Å²) in [7, 11) is 0. The molecule has 1 aromatic rings. The highest BCUT2D eigenvalue weighted by Crippen LogP contribution is 2.36. The molecule has 1 unspecified atom stereocenters. The van der Waals surface area contributed by atoms with Crippen LogP contribution in [0.25, 0.3) is 0 Å². The molecule has 1 saturated heterocycles. The largest absolute Gasteiger partial charge is 0.418 e. The average molecular weight is 244 g/mol. The van der Waals surface area contributed by atoms with E-state index in [0.29, 0.717) is 11.6 Å². The fourth-order valence-electron chi connectivity index (χ4n) is 2.16. The van der Waals surface area contributed by atoms with Crippen LogP contribution in [0.2, 0.25) is 0 Å². The minimum atomic E-state index is -4.38. The number of rotatable bonds is 1. The molecule has 5 heteroatoms. The molecule has 0 saturated carbocycles. The minimum absolute atomic E-state index is 0.214. The van der Waals surface area contributed by atoms with E-state index in [1.165, 1.54) is 6.07 Å². The van der Waals surface area contributed by atoms with Crippen LogP contribution in [0.3, 0.4) is 0 Å². The van der Waals surface area contributed by atoms with Crippen molar-refractivity contribution in [1.29, 1.82) is 0 Å². The molecule has 0 aliphatic carbocycles. The van der Waals surface area contributed by atoms with E-state index in [0.717, 1.165) is 25.6 Å². The molecule has 2 N–H and O–H groups in total. The fourth-order valence-corrected chi connectivity index (χ4v) is 2.16. The van der Waals surface area contributed by atoms with Gasteiger partial charge in [-0.15, -0.1) is 0 Å². The Morgan fingerprint density at radius 3 is 2.59 bits per heavy atom. The molecule has 2 rings (SSSR count). The van der Waals surface area contributed by atoms with Crippen molar-refractivity contribution in [2.75, 3.05) is 23.7 Å². The highest BCUT2D eigenvalue weighted by Gasteiger charge is 2.33. The summed E-state index contributed by atoms with van der Waals surface area (Å²) < 4.78 is 38.1. The quantitative estimate of drug-likeness (QED) is 0.769. The van der Waals surface area contributed by atoms with Crippen molar-refractivity contribution >= 4 is 11.4 Å². The molecule has 0 amide bonds. The highest BCUT2D eigenvalue weighted by atomic mass is 19.4. The van der Waals surface area contributed by atoms with E-state index in [2.05, 4.69) is 6.92 Å². The first-order valence-electron chi connectivity index (χ1n) is 5.59. The van der Waals surface area contributed by atoms with Gasteiger partial charge in [0.1, 0.15) is 0 Å². The second kappa shape index (κ2) is 4.13. The molecular formula is C12H15F3N2. The lowest BCUT2D eigenvalue weighted by atomic mass is 10.1. The van der Waals surface area contributed by atoms with Gasteiger partial charge in [0.2, 0.25) is 0 Å². The molecule has 0 bridgehead atoms. The summed E-state index contributed by atoms with van der Waals surface area (Å²) in [6, 6.07) is 4.14. The van der Waals surface area contributed by atoms with E-state index in [9.17, 15) is 13.2 Å². The smallest absolute Gasteiger partial charge is 0.398 e. The van der Waals surface area contributed by atoms with Crippen molar-refractivity contribution in [1.82, 2.24) is 0 Å². The van der Waals surface area contributed by atoms with Gasteiger partial charge in [-0.1, -0.05) is 6.92 Å². The first kappa shape index (κ1) is 12.1. The van der Waals surface area contributed by atoms with Crippen LogP contribution < -0.4 is 10.6 Å². The minimum Gasteiger partial charge on any atom is -0.398 e. The Kier molecular flexibility index (Phi) is 2.93. The van der Waals surface area contributed by atoms with Gasteiger partial charge in [0.25, 0.3) is 0 Å².